The van der Waals surface area contributed by atoms with Crippen LogP contribution in [0.25, 0.3) is 0 Å². The van der Waals surface area contributed by atoms with E-state index in [1.807, 2.05) is 6.07 Å². The van der Waals surface area contributed by atoms with Gasteiger partial charge in [-0.15, -0.1) is 0 Å². The van der Waals surface area contributed by atoms with Crippen LogP contribution in [0.2, 0.25) is 0 Å². The fraction of sp³-hybridized carbons (Fsp3) is 0.235. The third kappa shape index (κ3) is 3.10. The number of alkyl halides is 1. The molecule has 2 aromatic rings. The molecule has 0 saturated heterocycles. The molecule has 0 aromatic heterocycles. The van der Waals surface area contributed by atoms with Gasteiger partial charge in [0, 0.05) is 35.6 Å². The van der Waals surface area contributed by atoms with Gasteiger partial charge in [-0.25, -0.2) is 8.78 Å². The maximum Gasteiger partial charge on any atom is 0.131 e. The van der Waals surface area contributed by atoms with Crippen LogP contribution in [0, 0.1) is 17.1 Å². The Morgan fingerprint density at radius 2 is 2.00 bits per heavy atom. The second-order valence-corrected chi connectivity index (χ2v) is 6.72. The second-order valence-electron chi connectivity index (χ2n) is 5.37. The normalized spacial score (nSPS) is 17.4. The first kappa shape index (κ1) is 15.6. The highest BCUT2D eigenvalue weighted by Crippen LogP contribution is 2.38. The van der Waals surface area contributed by atoms with Gasteiger partial charge in [0.25, 0.3) is 0 Å². The van der Waals surface area contributed by atoms with E-state index in [2.05, 4.69) is 0 Å². The highest BCUT2D eigenvalue weighted by atomic mass is 32.2. The summed E-state index contributed by atoms with van der Waals surface area (Å²) in [6, 6.07) is 8.82. The van der Waals surface area contributed by atoms with Crippen molar-refractivity contribution >= 4 is 10.8 Å². The average molecular weight is 333 g/mol. The molecule has 0 saturated carbocycles. The highest BCUT2D eigenvalue weighted by Gasteiger charge is 2.28. The number of nitrogens with zero attached hydrogens (tertiary/aromatic N) is 1. The maximum atomic E-state index is 13.8. The Hall–Kier alpha value is -2.26. The molecule has 0 fully saturated rings. The smallest absolute Gasteiger partial charge is 0.131 e. The minimum absolute atomic E-state index is 0.145. The molecular formula is C17H13F2NO2S. The van der Waals surface area contributed by atoms with Gasteiger partial charge in [-0.05, 0) is 29.8 Å². The Balaban J connectivity index is 2.02. The van der Waals surface area contributed by atoms with E-state index >= 15 is 0 Å². The number of fused-ring (bicyclic) bond motifs is 1. The predicted molar refractivity (Wildman–Crippen MR) is 82.3 cm³/mol. The van der Waals surface area contributed by atoms with Crippen molar-refractivity contribution in [3.8, 4) is 17.6 Å². The monoisotopic (exact) mass is 333 g/mol. The fourth-order valence-electron chi connectivity index (χ4n) is 2.79. The fourth-order valence-corrected chi connectivity index (χ4v) is 3.60. The Morgan fingerprint density at radius 1 is 1.26 bits per heavy atom. The maximum absolute atomic E-state index is 13.8. The molecule has 0 bridgehead atoms. The largest absolute Gasteiger partial charge is 0.457 e. The van der Waals surface area contributed by atoms with Gasteiger partial charge in [0.15, 0.2) is 0 Å². The van der Waals surface area contributed by atoms with Gasteiger partial charge in [0.2, 0.25) is 0 Å². The molecule has 0 radical (unpaired) electrons. The lowest BCUT2D eigenvalue weighted by atomic mass is 10.1. The first-order valence-electron chi connectivity index (χ1n) is 6.98. The van der Waals surface area contributed by atoms with E-state index in [-0.39, 0.29) is 24.2 Å². The SMILES string of the molecule is C[S@](=O)c1ccc(Oc2cc(F)cc(C#N)c2)c2c1C[C@@H](F)C2. The number of halogens is 2. The van der Waals surface area contributed by atoms with Crippen molar-refractivity contribution in [1.82, 2.24) is 0 Å². The Labute approximate surface area is 135 Å². The standard InChI is InChI=1S/C17H13F2NO2S/c1-23(21)17-3-2-16(14-7-12(19)8-15(14)17)22-13-5-10(9-20)4-11(18)6-13/h2-6,12H,7-8H2,1H3/t12-,23-/m0/s1. The van der Waals surface area contributed by atoms with Crippen LogP contribution >= 0.6 is 0 Å². The van der Waals surface area contributed by atoms with E-state index in [9.17, 15) is 13.0 Å². The van der Waals surface area contributed by atoms with Crippen LogP contribution in [0.3, 0.4) is 0 Å². The van der Waals surface area contributed by atoms with Crippen LogP contribution in [0.1, 0.15) is 16.7 Å². The van der Waals surface area contributed by atoms with Crippen LogP contribution in [0.4, 0.5) is 8.78 Å². The number of benzene rings is 2. The van der Waals surface area contributed by atoms with Crippen LogP contribution in [-0.2, 0) is 23.6 Å². The molecule has 3 nitrogen and oxygen atoms in total. The van der Waals surface area contributed by atoms with Crippen LogP contribution in [0.15, 0.2) is 35.2 Å². The van der Waals surface area contributed by atoms with Crippen molar-refractivity contribution in [2.75, 3.05) is 6.26 Å². The third-order valence-electron chi connectivity index (χ3n) is 3.73. The molecule has 6 heteroatoms. The van der Waals surface area contributed by atoms with Crippen LogP contribution in [-0.4, -0.2) is 16.6 Å². The quantitative estimate of drug-likeness (QED) is 0.861. The van der Waals surface area contributed by atoms with Crippen LogP contribution < -0.4 is 4.74 Å². The molecule has 0 amide bonds. The van der Waals surface area contributed by atoms with Gasteiger partial charge in [-0.2, -0.15) is 5.26 Å². The van der Waals surface area contributed by atoms with Crippen LogP contribution in [0.5, 0.6) is 11.5 Å². The molecule has 0 aliphatic heterocycles. The van der Waals surface area contributed by atoms with E-state index in [0.29, 0.717) is 21.8 Å². The second kappa shape index (κ2) is 6.09. The molecule has 1 aliphatic rings. The Kier molecular flexibility index (Phi) is 4.14. The zero-order valence-corrected chi connectivity index (χ0v) is 13.1. The number of rotatable bonds is 3. The molecule has 2 atom stereocenters. The van der Waals surface area contributed by atoms with Crippen molar-refractivity contribution in [2.45, 2.75) is 23.9 Å². The summed E-state index contributed by atoms with van der Waals surface area (Å²) in [5.74, 6) is 0.00520. The van der Waals surface area contributed by atoms with Crippen molar-refractivity contribution in [3.63, 3.8) is 0 Å². The number of hydrogen-bond donors (Lipinski definition) is 0. The van der Waals surface area contributed by atoms with E-state index < -0.39 is 22.8 Å². The van der Waals surface area contributed by atoms with Gasteiger partial charge in [-0.1, -0.05) is 0 Å². The Morgan fingerprint density at radius 3 is 2.70 bits per heavy atom. The number of nitriles is 1. The molecule has 3 rings (SSSR count). The lowest BCUT2D eigenvalue weighted by molar-refractivity contribution is 0.346. The molecule has 0 unspecified atom stereocenters. The lowest BCUT2D eigenvalue weighted by Crippen LogP contribution is -1.98. The first-order valence-corrected chi connectivity index (χ1v) is 8.54. The van der Waals surface area contributed by atoms with E-state index in [0.717, 1.165) is 6.07 Å². The van der Waals surface area contributed by atoms with Crippen molar-refractivity contribution in [3.05, 3.63) is 52.8 Å². The Bertz CT molecular complexity index is 845. The van der Waals surface area contributed by atoms with Gasteiger partial charge >= 0.3 is 0 Å². The first-order chi connectivity index (χ1) is 11.0. The minimum Gasteiger partial charge on any atom is -0.457 e. The summed E-state index contributed by atoms with van der Waals surface area (Å²) < 4.78 is 44.7. The zero-order valence-electron chi connectivity index (χ0n) is 12.3. The minimum atomic E-state index is -1.21. The summed E-state index contributed by atoms with van der Waals surface area (Å²) >= 11 is 0. The summed E-state index contributed by atoms with van der Waals surface area (Å²) in [5, 5.41) is 8.88. The molecule has 118 valence electrons. The molecule has 23 heavy (non-hydrogen) atoms. The summed E-state index contributed by atoms with van der Waals surface area (Å²) in [5.41, 5.74) is 1.51. The average Bonchev–Trinajstić information content (AvgIpc) is 2.88. The molecular weight excluding hydrogens is 320 g/mol. The number of ether oxygens (including phenoxy) is 1. The molecule has 0 N–H and O–H groups in total. The predicted octanol–water partition coefficient (Wildman–Crippen LogP) is 3.66. The van der Waals surface area contributed by atoms with Gasteiger partial charge in [-0.3, -0.25) is 4.21 Å². The summed E-state index contributed by atoms with van der Waals surface area (Å²) in [7, 11) is -1.21. The van der Waals surface area contributed by atoms with Gasteiger partial charge < -0.3 is 4.74 Å². The van der Waals surface area contributed by atoms with E-state index in [4.69, 9.17) is 10.00 Å². The van der Waals surface area contributed by atoms with Crippen molar-refractivity contribution < 1.29 is 17.7 Å². The summed E-state index contributed by atoms with van der Waals surface area (Å²) in [6.45, 7) is 0. The highest BCUT2D eigenvalue weighted by molar-refractivity contribution is 7.84. The lowest BCUT2D eigenvalue weighted by Gasteiger charge is -2.13. The van der Waals surface area contributed by atoms with Crippen molar-refractivity contribution in [1.29, 1.82) is 5.26 Å². The molecule has 1 aliphatic carbocycles. The molecule has 2 aromatic carbocycles. The van der Waals surface area contributed by atoms with E-state index in [1.165, 1.54) is 12.1 Å². The summed E-state index contributed by atoms with van der Waals surface area (Å²) in [4.78, 5) is 0.601. The zero-order chi connectivity index (χ0) is 16.6. The third-order valence-corrected chi connectivity index (χ3v) is 4.74. The molecule has 0 heterocycles. The summed E-state index contributed by atoms with van der Waals surface area (Å²) in [6.07, 6.45) is 0.886. The van der Waals surface area contributed by atoms with E-state index in [1.54, 1.807) is 18.4 Å². The van der Waals surface area contributed by atoms with Gasteiger partial charge in [0.1, 0.15) is 23.5 Å². The van der Waals surface area contributed by atoms with Crippen molar-refractivity contribution in [2.24, 2.45) is 0 Å². The topological polar surface area (TPSA) is 50.1 Å². The number of hydrogen-bond acceptors (Lipinski definition) is 3. The molecule has 0 spiro atoms. The van der Waals surface area contributed by atoms with Gasteiger partial charge in [0.05, 0.1) is 22.4 Å².